The summed E-state index contributed by atoms with van der Waals surface area (Å²) in [4.78, 5) is 15.2. The maximum atomic E-state index is 11.0. The van der Waals surface area contributed by atoms with Crippen LogP contribution in [0.4, 0.5) is 4.79 Å². The van der Waals surface area contributed by atoms with Gasteiger partial charge in [-0.2, -0.15) is 8.42 Å². The van der Waals surface area contributed by atoms with Crippen molar-refractivity contribution < 1.29 is 22.2 Å². The molecular formula is C9H18N2O5S. The Kier molecular flexibility index (Phi) is 5.40. The number of carbonyl (C=O) groups excluding carboxylic acids is 1. The molecule has 0 radical (unpaired) electrons. The maximum absolute atomic E-state index is 11.0. The fourth-order valence-electron chi connectivity index (χ4n) is 0.843. The molecule has 0 aromatic rings. The summed E-state index contributed by atoms with van der Waals surface area (Å²) in [5, 5.41) is 5.54. The van der Waals surface area contributed by atoms with E-state index in [0.717, 1.165) is 6.26 Å². The molecule has 1 amide bonds. The lowest BCUT2D eigenvalue weighted by Gasteiger charge is -2.17. The van der Waals surface area contributed by atoms with E-state index in [9.17, 15) is 13.2 Å². The summed E-state index contributed by atoms with van der Waals surface area (Å²) in [5.41, 5.74) is -0.254. The molecule has 100 valence electrons. The Morgan fingerprint density at radius 3 is 2.24 bits per heavy atom. The number of hydrogen-bond acceptors (Lipinski definition) is 6. The SMILES string of the molecule is CNC(=O)ON=C(CC(C)(C)C)OS(C)(=O)=O. The normalized spacial score (nSPS) is 13.1. The third kappa shape index (κ3) is 9.61. The predicted octanol–water partition coefficient (Wildman–Crippen LogP) is 1.07. The van der Waals surface area contributed by atoms with Gasteiger partial charge < -0.3 is 9.50 Å². The van der Waals surface area contributed by atoms with Crippen LogP contribution in [0.15, 0.2) is 5.16 Å². The van der Waals surface area contributed by atoms with E-state index < -0.39 is 16.2 Å². The van der Waals surface area contributed by atoms with Crippen molar-refractivity contribution in [2.45, 2.75) is 27.2 Å². The fraction of sp³-hybridized carbons (Fsp3) is 0.778. The monoisotopic (exact) mass is 266 g/mol. The third-order valence-corrected chi connectivity index (χ3v) is 1.86. The van der Waals surface area contributed by atoms with Gasteiger partial charge in [-0.25, -0.2) is 4.79 Å². The summed E-state index contributed by atoms with van der Waals surface area (Å²) in [6.07, 6.45) is 0.316. The minimum atomic E-state index is -3.69. The summed E-state index contributed by atoms with van der Waals surface area (Å²) in [6.45, 7) is 5.61. The lowest BCUT2D eigenvalue weighted by molar-refractivity contribution is 0.149. The largest absolute Gasteiger partial charge is 0.433 e. The molecule has 0 atom stereocenters. The molecule has 0 unspecified atom stereocenters. The van der Waals surface area contributed by atoms with Gasteiger partial charge in [0, 0.05) is 13.5 Å². The molecule has 7 nitrogen and oxygen atoms in total. The van der Waals surface area contributed by atoms with Crippen LogP contribution in [0, 0.1) is 5.41 Å². The molecule has 0 rings (SSSR count). The van der Waals surface area contributed by atoms with Gasteiger partial charge in [0.1, 0.15) is 0 Å². The smallest absolute Gasteiger partial charge is 0.363 e. The summed E-state index contributed by atoms with van der Waals surface area (Å²) >= 11 is 0. The standard InChI is InChI=1S/C9H18N2O5S/c1-9(2,3)6-7(16-17(5,13)14)11-15-8(12)10-4/h6H2,1-5H3,(H,10,12). The Morgan fingerprint density at radius 1 is 1.35 bits per heavy atom. The average molecular weight is 266 g/mol. The minimum absolute atomic E-state index is 0.163. The van der Waals surface area contributed by atoms with E-state index in [1.165, 1.54) is 7.05 Å². The number of oxime groups is 1. The van der Waals surface area contributed by atoms with E-state index in [2.05, 4.69) is 19.5 Å². The van der Waals surface area contributed by atoms with Crippen LogP contribution in [0.2, 0.25) is 0 Å². The van der Waals surface area contributed by atoms with Gasteiger partial charge in [0.15, 0.2) is 0 Å². The van der Waals surface area contributed by atoms with E-state index in [1.807, 2.05) is 20.8 Å². The van der Waals surface area contributed by atoms with Gasteiger partial charge >= 0.3 is 16.2 Å². The van der Waals surface area contributed by atoms with E-state index in [-0.39, 0.29) is 17.7 Å². The van der Waals surface area contributed by atoms with Crippen molar-refractivity contribution >= 4 is 22.1 Å². The van der Waals surface area contributed by atoms with Gasteiger partial charge in [-0.3, -0.25) is 4.84 Å². The number of carbonyl (C=O) groups is 1. The number of rotatable bonds is 3. The number of amides is 1. The Bertz CT molecular complexity index is 394. The zero-order chi connectivity index (χ0) is 13.7. The first-order valence-electron chi connectivity index (χ1n) is 4.88. The van der Waals surface area contributed by atoms with E-state index in [0.29, 0.717) is 0 Å². The second-order valence-corrected chi connectivity index (χ2v) is 6.21. The van der Waals surface area contributed by atoms with E-state index in [4.69, 9.17) is 0 Å². The topological polar surface area (TPSA) is 94.1 Å². The van der Waals surface area contributed by atoms with Crippen molar-refractivity contribution in [3.8, 4) is 0 Å². The summed E-state index contributed by atoms with van der Waals surface area (Å²) < 4.78 is 26.6. The molecule has 0 aromatic heterocycles. The van der Waals surface area contributed by atoms with Crippen LogP contribution in [0.5, 0.6) is 0 Å². The fourth-order valence-corrected chi connectivity index (χ4v) is 1.28. The Labute approximate surface area is 101 Å². The number of nitrogens with zero attached hydrogens (tertiary/aromatic N) is 1. The second kappa shape index (κ2) is 5.85. The van der Waals surface area contributed by atoms with Gasteiger partial charge in [-0.1, -0.05) is 20.8 Å². The lowest BCUT2D eigenvalue weighted by Crippen LogP contribution is -2.22. The molecule has 8 heteroatoms. The number of nitrogens with one attached hydrogen (secondary N) is 1. The zero-order valence-electron chi connectivity index (χ0n) is 10.6. The Hall–Kier alpha value is -1.31. The summed E-state index contributed by atoms with van der Waals surface area (Å²) in [6, 6.07) is 0. The molecule has 17 heavy (non-hydrogen) atoms. The quantitative estimate of drug-likeness (QED) is 0.271. The van der Waals surface area contributed by atoms with Crippen LogP contribution < -0.4 is 5.32 Å². The first-order chi connectivity index (χ1) is 7.53. The van der Waals surface area contributed by atoms with Gasteiger partial charge in [0.2, 0.25) is 5.90 Å². The second-order valence-electron chi connectivity index (χ2n) is 4.64. The van der Waals surface area contributed by atoms with Crippen LogP contribution in [0.25, 0.3) is 0 Å². The highest BCUT2D eigenvalue weighted by Gasteiger charge is 2.20. The number of hydrogen-bond donors (Lipinski definition) is 1. The lowest BCUT2D eigenvalue weighted by atomic mass is 9.92. The molecule has 0 aromatic carbocycles. The maximum Gasteiger partial charge on any atom is 0.433 e. The van der Waals surface area contributed by atoms with Crippen LogP contribution >= 0.6 is 0 Å². The van der Waals surface area contributed by atoms with Crippen LogP contribution in [-0.2, 0) is 19.1 Å². The van der Waals surface area contributed by atoms with E-state index >= 15 is 0 Å². The molecule has 0 aliphatic carbocycles. The molecule has 0 saturated carbocycles. The van der Waals surface area contributed by atoms with Crippen molar-refractivity contribution in [3.05, 3.63) is 0 Å². The molecule has 0 fully saturated rings. The molecular weight excluding hydrogens is 248 g/mol. The Balaban J connectivity index is 4.79. The molecule has 0 aliphatic heterocycles. The van der Waals surface area contributed by atoms with Crippen molar-refractivity contribution in [1.29, 1.82) is 0 Å². The van der Waals surface area contributed by atoms with Crippen LogP contribution in [0.1, 0.15) is 27.2 Å². The van der Waals surface area contributed by atoms with Crippen molar-refractivity contribution in [3.63, 3.8) is 0 Å². The zero-order valence-corrected chi connectivity index (χ0v) is 11.4. The van der Waals surface area contributed by atoms with E-state index in [1.54, 1.807) is 0 Å². The van der Waals surface area contributed by atoms with Gasteiger partial charge in [-0.05, 0) is 10.6 Å². The van der Waals surface area contributed by atoms with Gasteiger partial charge in [0.05, 0.1) is 6.26 Å². The molecule has 1 N–H and O–H groups in total. The van der Waals surface area contributed by atoms with Crippen molar-refractivity contribution in [1.82, 2.24) is 5.32 Å². The molecule has 0 heterocycles. The highest BCUT2D eigenvalue weighted by molar-refractivity contribution is 7.86. The third-order valence-electron chi connectivity index (χ3n) is 1.36. The first kappa shape index (κ1) is 15.7. The van der Waals surface area contributed by atoms with Crippen LogP contribution in [0.3, 0.4) is 0 Å². The highest BCUT2D eigenvalue weighted by atomic mass is 32.2. The van der Waals surface area contributed by atoms with Gasteiger partial charge in [0.25, 0.3) is 0 Å². The summed E-state index contributed by atoms with van der Waals surface area (Å²) in [7, 11) is -2.33. The van der Waals surface area contributed by atoms with Crippen molar-refractivity contribution in [2.24, 2.45) is 10.6 Å². The highest BCUT2D eigenvalue weighted by Crippen LogP contribution is 2.20. The minimum Gasteiger partial charge on any atom is -0.363 e. The summed E-state index contributed by atoms with van der Waals surface area (Å²) in [5.74, 6) is -0.163. The molecule has 0 saturated heterocycles. The Morgan fingerprint density at radius 2 is 1.88 bits per heavy atom. The van der Waals surface area contributed by atoms with Gasteiger partial charge in [-0.15, -0.1) is 0 Å². The molecule has 0 aliphatic rings. The predicted molar refractivity (Wildman–Crippen MR) is 63.0 cm³/mol. The molecule has 0 spiro atoms. The first-order valence-corrected chi connectivity index (χ1v) is 6.70. The average Bonchev–Trinajstić information content (AvgIpc) is 2.08. The molecule has 0 bridgehead atoms. The van der Waals surface area contributed by atoms with Crippen LogP contribution in [-0.4, -0.2) is 33.7 Å². The van der Waals surface area contributed by atoms with Crippen molar-refractivity contribution in [2.75, 3.05) is 13.3 Å².